The van der Waals surface area contributed by atoms with Crippen LogP contribution in [0, 0.1) is 12.9 Å². The van der Waals surface area contributed by atoms with E-state index in [0.717, 1.165) is 0 Å². The molecule has 0 aliphatic rings. The van der Waals surface area contributed by atoms with Crippen molar-refractivity contribution in [1.82, 2.24) is 14.5 Å². The van der Waals surface area contributed by atoms with E-state index in [1.807, 2.05) is 13.8 Å². The quantitative estimate of drug-likeness (QED) is 0.715. The number of hydrogen-bond donors (Lipinski definition) is 2. The molecule has 0 saturated carbocycles. The predicted molar refractivity (Wildman–Crippen MR) is 117 cm³/mol. The van der Waals surface area contributed by atoms with Crippen molar-refractivity contribution in [3.63, 3.8) is 0 Å². The Labute approximate surface area is 179 Å². The number of aromatic amines is 1. The lowest BCUT2D eigenvalue weighted by molar-refractivity contribution is 0.295. The number of nitrogens with two attached hydrogens (primary N) is 1. The third-order valence-corrected chi connectivity index (χ3v) is 2.63. The summed E-state index contributed by atoms with van der Waals surface area (Å²) in [6, 6.07) is 2.31. The van der Waals surface area contributed by atoms with Gasteiger partial charge < -0.3 is 20.0 Å². The molecule has 0 spiro atoms. The lowest BCUT2D eigenvalue weighted by Crippen LogP contribution is -2.36. The van der Waals surface area contributed by atoms with Gasteiger partial charge >= 0.3 is 17.3 Å². The van der Waals surface area contributed by atoms with Gasteiger partial charge in [0.1, 0.15) is 0 Å². The molecule has 0 aromatic carbocycles. The van der Waals surface area contributed by atoms with Crippen molar-refractivity contribution in [3.05, 3.63) is 55.0 Å². The third kappa shape index (κ3) is 15.6. The van der Waals surface area contributed by atoms with E-state index >= 15 is 0 Å². The fourth-order valence-electron chi connectivity index (χ4n) is 1.66. The number of alkyl halides is 2. The summed E-state index contributed by atoms with van der Waals surface area (Å²) in [6.07, 6.45) is 0. The summed E-state index contributed by atoms with van der Waals surface area (Å²) < 4.78 is 37.4. The molecule has 12 heteroatoms. The molecule has 0 radical (unpaired) electrons. The number of nitrogens with one attached hydrogen (secondary N) is 1. The van der Waals surface area contributed by atoms with E-state index in [4.69, 9.17) is 5.73 Å². The first kappa shape index (κ1) is 32.8. The second-order valence-electron chi connectivity index (χ2n) is 6.58. The molecule has 180 valence electrons. The summed E-state index contributed by atoms with van der Waals surface area (Å²) in [5.41, 5.74) is 4.39. The van der Waals surface area contributed by atoms with Gasteiger partial charge in [-0.15, -0.1) is 0 Å². The zero-order chi connectivity index (χ0) is 24.0. The Morgan fingerprint density at radius 3 is 1.94 bits per heavy atom. The molecule has 2 aromatic heterocycles. The number of aromatic nitrogens is 3. The van der Waals surface area contributed by atoms with Crippen molar-refractivity contribution in [3.8, 4) is 0 Å². The zero-order valence-electron chi connectivity index (χ0n) is 18.2. The Hall–Kier alpha value is -2.89. The van der Waals surface area contributed by atoms with Gasteiger partial charge in [0.15, 0.2) is 0 Å². The lowest BCUT2D eigenvalue weighted by atomic mass is 10.3. The Kier molecular flexibility index (Phi) is 17.8. The van der Waals surface area contributed by atoms with Crippen molar-refractivity contribution in [2.75, 3.05) is 25.9 Å². The van der Waals surface area contributed by atoms with Crippen LogP contribution in [0.4, 0.5) is 19.2 Å². The predicted octanol–water partition coefficient (Wildman–Crippen LogP) is 2.54. The van der Waals surface area contributed by atoms with Crippen molar-refractivity contribution in [2.45, 2.75) is 54.1 Å². The average Bonchev–Trinajstić information content (AvgIpc) is 2.53. The van der Waals surface area contributed by atoms with Crippen LogP contribution in [0.1, 0.15) is 46.9 Å². The molecule has 2 aromatic rings. The Balaban J connectivity index is -0.000000382. The lowest BCUT2D eigenvalue weighted by Gasteiger charge is -2.07. The fourth-order valence-corrected chi connectivity index (χ4v) is 1.66. The summed E-state index contributed by atoms with van der Waals surface area (Å²) in [7, 11) is 3.20. The molecule has 9 nitrogen and oxygen atoms in total. The molecule has 2 rings (SSSR count). The number of nitrogens with zero attached hydrogens (tertiary/aromatic N) is 3. The number of hydrogen-bond acceptors (Lipinski definition) is 7. The third-order valence-electron chi connectivity index (χ3n) is 2.63. The van der Waals surface area contributed by atoms with Gasteiger partial charge in [-0.1, -0.05) is 21.3 Å². The molecule has 0 amide bonds. The first-order chi connectivity index (χ1) is 13.8. The average molecular weight is 454 g/mol. The number of H-pyrrole nitrogens is 1. The SMILES string of the molecule is C.CC(C)N.CN(C)c1nc(F)cc(=O)o1.Cc1cc(=O)n(C(C)C)c(=O)[nH]1.FCF. The fraction of sp³-hybridized carbons (Fsp3) is 0.579. The van der Waals surface area contributed by atoms with Crippen LogP contribution in [0.5, 0.6) is 0 Å². The molecule has 0 aliphatic carbocycles. The Bertz CT molecular complexity index is 874. The van der Waals surface area contributed by atoms with Crippen molar-refractivity contribution < 1.29 is 17.6 Å². The largest absolute Gasteiger partial charge is 0.389 e. The number of rotatable bonds is 2. The van der Waals surface area contributed by atoms with E-state index in [9.17, 15) is 27.6 Å². The van der Waals surface area contributed by atoms with Crippen molar-refractivity contribution in [1.29, 1.82) is 0 Å². The van der Waals surface area contributed by atoms with Gasteiger partial charge in [0, 0.05) is 31.9 Å². The van der Waals surface area contributed by atoms with Gasteiger partial charge in [0.05, 0.1) is 6.07 Å². The highest BCUT2D eigenvalue weighted by Gasteiger charge is 2.05. The van der Waals surface area contributed by atoms with E-state index in [0.29, 0.717) is 17.8 Å². The molecular weight excluding hydrogens is 419 g/mol. The first-order valence-electron chi connectivity index (χ1n) is 8.81. The highest BCUT2D eigenvalue weighted by molar-refractivity contribution is 5.19. The monoisotopic (exact) mass is 453 g/mol. The summed E-state index contributed by atoms with van der Waals surface area (Å²) >= 11 is 0. The molecule has 0 aliphatic heterocycles. The highest BCUT2D eigenvalue weighted by atomic mass is 19.3. The van der Waals surface area contributed by atoms with Gasteiger partial charge in [0.25, 0.3) is 5.56 Å². The van der Waals surface area contributed by atoms with Gasteiger partial charge in [-0.2, -0.15) is 9.37 Å². The van der Waals surface area contributed by atoms with Crippen LogP contribution in [-0.2, 0) is 0 Å². The van der Waals surface area contributed by atoms with E-state index in [2.05, 4.69) is 14.4 Å². The maximum atomic E-state index is 12.4. The molecule has 2 heterocycles. The van der Waals surface area contributed by atoms with Crippen molar-refractivity contribution >= 4 is 6.01 Å². The van der Waals surface area contributed by atoms with Crippen LogP contribution in [0.15, 0.2) is 30.9 Å². The van der Waals surface area contributed by atoms with E-state index in [1.54, 1.807) is 34.9 Å². The Morgan fingerprint density at radius 1 is 1.16 bits per heavy atom. The van der Waals surface area contributed by atoms with Gasteiger partial charge in [-0.25, -0.2) is 18.4 Å². The molecule has 3 N–H and O–H groups in total. The second-order valence-corrected chi connectivity index (χ2v) is 6.58. The van der Waals surface area contributed by atoms with E-state index in [1.165, 1.54) is 15.5 Å². The van der Waals surface area contributed by atoms with Crippen molar-refractivity contribution in [2.24, 2.45) is 5.73 Å². The standard InChI is InChI=1S/C8H12N2O2.C6H7FN2O2.C3H9N.CH2F2.CH4/c1-5(2)10-7(11)4-6(3)9-8(10)12;1-9(2)6-8-4(7)3-5(10)11-6;1-3(2)4;2-1-3;/h4-5H,1-3H3,(H,9,12);3H,1-2H3;3H,4H2,1-2H3;1H2;1H4. The summed E-state index contributed by atoms with van der Waals surface area (Å²) in [5, 5.41) is 0. The molecule has 0 fully saturated rings. The van der Waals surface area contributed by atoms with Gasteiger partial charge in [0.2, 0.25) is 12.9 Å². The summed E-state index contributed by atoms with van der Waals surface area (Å²) in [5.74, 6) is -0.829. The number of halogens is 3. The van der Waals surface area contributed by atoms with Crippen LogP contribution in [0.25, 0.3) is 0 Å². The first-order valence-corrected chi connectivity index (χ1v) is 8.81. The van der Waals surface area contributed by atoms with Crippen LogP contribution in [0.3, 0.4) is 0 Å². The topological polar surface area (TPSA) is 127 Å². The molecule has 0 saturated heterocycles. The van der Waals surface area contributed by atoms with E-state index < -0.39 is 18.5 Å². The molecular formula is C19H34F3N5O4. The van der Waals surface area contributed by atoms with Crippen LogP contribution in [0.2, 0.25) is 0 Å². The zero-order valence-corrected chi connectivity index (χ0v) is 18.2. The van der Waals surface area contributed by atoms with Gasteiger partial charge in [-0.3, -0.25) is 9.36 Å². The molecule has 0 unspecified atom stereocenters. The second kappa shape index (κ2) is 16.9. The molecule has 31 heavy (non-hydrogen) atoms. The van der Waals surface area contributed by atoms with Crippen LogP contribution >= 0.6 is 0 Å². The molecule has 0 bridgehead atoms. The highest BCUT2D eigenvalue weighted by Crippen LogP contribution is 2.02. The minimum atomic E-state index is -1.75. The Morgan fingerprint density at radius 2 is 1.61 bits per heavy atom. The molecule has 0 atom stereocenters. The minimum absolute atomic E-state index is 0. The normalized spacial score (nSPS) is 9.32. The maximum absolute atomic E-state index is 12.4. The maximum Gasteiger partial charge on any atom is 0.343 e. The number of anilines is 1. The summed E-state index contributed by atoms with van der Waals surface area (Å²) in [4.78, 5) is 40.3. The van der Waals surface area contributed by atoms with Crippen LogP contribution < -0.4 is 27.5 Å². The minimum Gasteiger partial charge on any atom is -0.389 e. The number of aryl methyl sites for hydroxylation is 1. The van der Waals surface area contributed by atoms with Gasteiger partial charge in [-0.05, 0) is 26.8 Å². The van der Waals surface area contributed by atoms with E-state index in [-0.39, 0.29) is 30.7 Å². The smallest absolute Gasteiger partial charge is 0.343 e. The summed E-state index contributed by atoms with van der Waals surface area (Å²) in [6.45, 7) is 7.42. The van der Waals surface area contributed by atoms with Crippen LogP contribution in [-0.4, -0.2) is 41.6 Å².